The minimum atomic E-state index is -0.843. The van der Waals surface area contributed by atoms with Crippen molar-refractivity contribution in [2.24, 2.45) is 0 Å². The van der Waals surface area contributed by atoms with Crippen molar-refractivity contribution in [2.75, 3.05) is 5.32 Å². The highest BCUT2D eigenvalue weighted by atomic mass is 19.1. The molecule has 0 aliphatic carbocycles. The Hall–Kier alpha value is -3.29. The Morgan fingerprint density at radius 1 is 1.12 bits per heavy atom. The highest BCUT2D eigenvalue weighted by molar-refractivity contribution is 6.02. The number of rotatable bonds is 5. The molecule has 0 aliphatic rings. The molecule has 3 aromatic rings. The number of nitrogens with zero attached hydrogens (tertiary/aromatic N) is 2. The van der Waals surface area contributed by atoms with Crippen LogP contribution in [0.4, 0.5) is 18.9 Å². The van der Waals surface area contributed by atoms with E-state index >= 15 is 0 Å². The van der Waals surface area contributed by atoms with Gasteiger partial charge in [-0.05, 0) is 42.8 Å². The lowest BCUT2D eigenvalue weighted by Crippen LogP contribution is -2.15. The second-order valence-corrected chi connectivity index (χ2v) is 5.53. The number of anilines is 1. The SMILES string of the molecule is Cc1ccc(F)c(NC(=O)c2ccn(COc3ccc(F)cc3F)n2)c1. The fraction of sp³-hybridized carbons (Fsp3) is 0.111. The molecule has 2 aromatic carbocycles. The molecular weight excluding hydrogens is 347 g/mol. The smallest absolute Gasteiger partial charge is 0.276 e. The van der Waals surface area contributed by atoms with Crippen LogP contribution < -0.4 is 10.1 Å². The largest absolute Gasteiger partial charge is 0.468 e. The molecule has 134 valence electrons. The second kappa shape index (κ2) is 7.30. The summed E-state index contributed by atoms with van der Waals surface area (Å²) in [7, 11) is 0. The molecule has 1 aromatic heterocycles. The van der Waals surface area contributed by atoms with Crippen molar-refractivity contribution in [3.63, 3.8) is 0 Å². The van der Waals surface area contributed by atoms with Crippen molar-refractivity contribution in [1.29, 1.82) is 0 Å². The molecule has 0 unspecified atom stereocenters. The number of halogens is 3. The maximum absolute atomic E-state index is 13.7. The van der Waals surface area contributed by atoms with Crippen molar-refractivity contribution in [3.8, 4) is 5.75 Å². The van der Waals surface area contributed by atoms with Gasteiger partial charge in [-0.15, -0.1) is 0 Å². The summed E-state index contributed by atoms with van der Waals surface area (Å²) in [6, 6.07) is 8.69. The Balaban J connectivity index is 1.65. The van der Waals surface area contributed by atoms with E-state index in [1.807, 2.05) is 0 Å². The van der Waals surface area contributed by atoms with Crippen LogP contribution in [0.3, 0.4) is 0 Å². The molecule has 8 heteroatoms. The van der Waals surface area contributed by atoms with Crippen LogP contribution in [-0.2, 0) is 6.73 Å². The average Bonchev–Trinajstić information content (AvgIpc) is 3.06. The van der Waals surface area contributed by atoms with Gasteiger partial charge in [0.2, 0.25) is 0 Å². The average molecular weight is 361 g/mol. The maximum atomic E-state index is 13.7. The number of amides is 1. The lowest BCUT2D eigenvalue weighted by Gasteiger charge is -2.07. The van der Waals surface area contributed by atoms with E-state index in [2.05, 4.69) is 10.4 Å². The van der Waals surface area contributed by atoms with Crippen LogP contribution in [0.15, 0.2) is 48.7 Å². The van der Waals surface area contributed by atoms with Gasteiger partial charge in [0.25, 0.3) is 5.91 Å². The Kier molecular flexibility index (Phi) is 4.92. The number of carbonyl (C=O) groups is 1. The maximum Gasteiger partial charge on any atom is 0.276 e. The zero-order valence-corrected chi connectivity index (χ0v) is 13.7. The Bertz CT molecular complexity index is 957. The van der Waals surface area contributed by atoms with Crippen LogP contribution in [0.5, 0.6) is 5.75 Å². The van der Waals surface area contributed by atoms with Crippen LogP contribution in [0.25, 0.3) is 0 Å². The molecule has 0 bridgehead atoms. The fourth-order valence-corrected chi connectivity index (χ4v) is 2.20. The van der Waals surface area contributed by atoms with E-state index < -0.39 is 23.4 Å². The van der Waals surface area contributed by atoms with Crippen LogP contribution >= 0.6 is 0 Å². The number of nitrogens with one attached hydrogen (secondary N) is 1. The van der Waals surface area contributed by atoms with E-state index in [1.54, 1.807) is 13.0 Å². The van der Waals surface area contributed by atoms with Gasteiger partial charge in [-0.25, -0.2) is 17.9 Å². The van der Waals surface area contributed by atoms with Crippen LogP contribution in [0.1, 0.15) is 16.1 Å². The van der Waals surface area contributed by atoms with E-state index in [9.17, 15) is 18.0 Å². The first-order chi connectivity index (χ1) is 12.4. The Morgan fingerprint density at radius 3 is 2.69 bits per heavy atom. The van der Waals surface area contributed by atoms with Gasteiger partial charge in [-0.1, -0.05) is 6.07 Å². The zero-order chi connectivity index (χ0) is 18.7. The molecule has 26 heavy (non-hydrogen) atoms. The predicted molar refractivity (Wildman–Crippen MR) is 88.3 cm³/mol. The van der Waals surface area contributed by atoms with Gasteiger partial charge in [0.05, 0.1) is 5.69 Å². The third kappa shape index (κ3) is 4.02. The van der Waals surface area contributed by atoms with Gasteiger partial charge >= 0.3 is 0 Å². The van der Waals surface area contributed by atoms with Crippen molar-refractivity contribution in [1.82, 2.24) is 9.78 Å². The highest BCUT2D eigenvalue weighted by Gasteiger charge is 2.13. The topological polar surface area (TPSA) is 56.2 Å². The monoisotopic (exact) mass is 361 g/mol. The van der Waals surface area contributed by atoms with Gasteiger partial charge in [-0.3, -0.25) is 4.79 Å². The quantitative estimate of drug-likeness (QED) is 0.750. The Morgan fingerprint density at radius 2 is 1.92 bits per heavy atom. The van der Waals surface area contributed by atoms with Gasteiger partial charge < -0.3 is 10.1 Å². The number of carbonyl (C=O) groups excluding carboxylic acids is 1. The predicted octanol–water partition coefficient (Wildman–Crippen LogP) is 3.90. The number of hydrogen-bond acceptors (Lipinski definition) is 3. The summed E-state index contributed by atoms with van der Waals surface area (Å²) in [5, 5.41) is 6.42. The molecule has 1 N–H and O–H groups in total. The first-order valence-corrected chi connectivity index (χ1v) is 7.61. The van der Waals surface area contributed by atoms with E-state index in [0.29, 0.717) is 6.07 Å². The molecule has 1 amide bonds. The van der Waals surface area contributed by atoms with Crippen LogP contribution in [0, 0.1) is 24.4 Å². The normalized spacial score (nSPS) is 10.6. The molecule has 0 aliphatic heterocycles. The summed E-state index contributed by atoms with van der Waals surface area (Å²) in [4.78, 5) is 12.2. The number of ether oxygens (including phenoxy) is 1. The summed E-state index contributed by atoms with van der Waals surface area (Å²) in [5.41, 5.74) is 0.880. The molecule has 0 spiro atoms. The fourth-order valence-electron chi connectivity index (χ4n) is 2.20. The molecule has 1 heterocycles. The second-order valence-electron chi connectivity index (χ2n) is 5.53. The lowest BCUT2D eigenvalue weighted by molar-refractivity contribution is 0.101. The van der Waals surface area contributed by atoms with Crippen molar-refractivity contribution in [2.45, 2.75) is 13.7 Å². The third-order valence-electron chi connectivity index (χ3n) is 3.49. The minimum absolute atomic E-state index is 0.0362. The number of aryl methyl sites for hydroxylation is 1. The zero-order valence-electron chi connectivity index (χ0n) is 13.7. The minimum Gasteiger partial charge on any atom is -0.468 e. The lowest BCUT2D eigenvalue weighted by atomic mass is 10.2. The van der Waals surface area contributed by atoms with Crippen molar-refractivity contribution < 1.29 is 22.7 Å². The van der Waals surface area contributed by atoms with Crippen LogP contribution in [0.2, 0.25) is 0 Å². The number of benzene rings is 2. The molecule has 0 radical (unpaired) electrons. The summed E-state index contributed by atoms with van der Waals surface area (Å²) < 4.78 is 46.5. The summed E-state index contributed by atoms with van der Waals surface area (Å²) >= 11 is 0. The number of aromatic nitrogens is 2. The van der Waals surface area contributed by atoms with Crippen molar-refractivity contribution in [3.05, 3.63) is 77.4 Å². The Labute approximate surface area is 147 Å². The van der Waals surface area contributed by atoms with Crippen LogP contribution in [-0.4, -0.2) is 15.7 Å². The van der Waals surface area contributed by atoms with E-state index in [-0.39, 0.29) is 23.9 Å². The van der Waals surface area contributed by atoms with Gasteiger partial charge in [0.15, 0.2) is 24.0 Å². The van der Waals surface area contributed by atoms with Gasteiger partial charge in [0, 0.05) is 12.3 Å². The standard InChI is InChI=1S/C18H14F3N3O2/c1-11-2-4-13(20)16(8-11)22-18(25)15-6-7-24(23-15)10-26-17-5-3-12(19)9-14(17)21/h2-9H,10H2,1H3,(H,22,25). The highest BCUT2D eigenvalue weighted by Crippen LogP contribution is 2.18. The number of hydrogen-bond donors (Lipinski definition) is 1. The molecule has 0 saturated carbocycles. The first kappa shape index (κ1) is 17.5. The molecule has 0 fully saturated rings. The molecule has 3 rings (SSSR count). The molecular formula is C18H14F3N3O2. The third-order valence-corrected chi connectivity index (χ3v) is 3.49. The molecule has 0 saturated heterocycles. The summed E-state index contributed by atoms with van der Waals surface area (Å²) in [6.45, 7) is 1.59. The van der Waals surface area contributed by atoms with Crippen molar-refractivity contribution >= 4 is 11.6 Å². The summed E-state index contributed by atoms with van der Waals surface area (Å²) in [5.74, 6) is -2.85. The molecule has 5 nitrogen and oxygen atoms in total. The van der Waals surface area contributed by atoms with Gasteiger partial charge in [-0.2, -0.15) is 5.10 Å². The van der Waals surface area contributed by atoms with E-state index in [0.717, 1.165) is 17.7 Å². The first-order valence-electron chi connectivity index (χ1n) is 7.61. The summed E-state index contributed by atoms with van der Waals surface area (Å²) in [6.07, 6.45) is 1.45. The molecule has 0 atom stereocenters. The van der Waals surface area contributed by atoms with Gasteiger partial charge in [0.1, 0.15) is 11.6 Å². The van der Waals surface area contributed by atoms with E-state index in [4.69, 9.17) is 4.74 Å². The van der Waals surface area contributed by atoms with E-state index in [1.165, 1.54) is 29.1 Å².